The normalized spacial score (nSPS) is 24.8. The Morgan fingerprint density at radius 3 is 2.22 bits per heavy atom. The van der Waals surface area contributed by atoms with Crippen LogP contribution in [0, 0.1) is 29.6 Å². The van der Waals surface area contributed by atoms with E-state index in [0.29, 0.717) is 27.5 Å². The number of allylic oxidation sites excluding steroid dienone is 3. The molecule has 6 atom stereocenters. The Morgan fingerprint density at radius 2 is 1.58 bits per heavy atom. The molecule has 2 aliphatic carbocycles. The summed E-state index contributed by atoms with van der Waals surface area (Å²) >= 11 is 12.7. The number of amides is 4. The van der Waals surface area contributed by atoms with Gasteiger partial charge in [0.15, 0.2) is 11.5 Å². The van der Waals surface area contributed by atoms with E-state index in [-0.39, 0.29) is 52.1 Å². The number of anilines is 2. The summed E-state index contributed by atoms with van der Waals surface area (Å²) in [6.07, 6.45) is 5.60. The number of phenolic OH excluding ortho intramolecular Hbond substituents is 1. The number of aromatic carboxylic acids is 1. The highest BCUT2D eigenvalue weighted by Crippen LogP contribution is 2.62. The van der Waals surface area contributed by atoms with E-state index >= 15 is 4.79 Å². The Balaban J connectivity index is 1.31. The molecular weight excluding hydrogens is 801 g/mol. The number of carboxylic acids is 1. The molecule has 4 aromatic carbocycles. The summed E-state index contributed by atoms with van der Waals surface area (Å²) in [5.74, 6) is -7.16. The van der Waals surface area contributed by atoms with Crippen LogP contribution in [0.1, 0.15) is 34.3 Å². The number of hydrogen-bond donors (Lipinski definition) is 3. The zero-order valence-corrected chi connectivity index (χ0v) is 33.4. The third-order valence-corrected chi connectivity index (χ3v) is 12.5. The Morgan fingerprint density at radius 1 is 0.864 bits per heavy atom. The van der Waals surface area contributed by atoms with Crippen molar-refractivity contribution in [2.75, 3.05) is 31.7 Å². The molecule has 2 aliphatic heterocycles. The number of carbonyl (C=O) groups is 5. The molecule has 3 N–H and O–H groups in total. The van der Waals surface area contributed by atoms with Gasteiger partial charge in [0.1, 0.15) is 5.75 Å². The predicted molar refractivity (Wildman–Crippen MR) is 218 cm³/mol. The number of benzene rings is 4. The van der Waals surface area contributed by atoms with Gasteiger partial charge in [-0.2, -0.15) is 5.01 Å². The number of phenols is 1. The molecule has 0 aromatic heterocycles. The second kappa shape index (κ2) is 15.1. The fourth-order valence-corrected chi connectivity index (χ4v) is 9.79. The molecule has 13 nitrogen and oxygen atoms in total. The topological polar surface area (TPSA) is 172 Å². The second-order valence-corrected chi connectivity index (χ2v) is 15.6. The summed E-state index contributed by atoms with van der Waals surface area (Å²) < 4.78 is 16.3. The van der Waals surface area contributed by atoms with Gasteiger partial charge in [0.2, 0.25) is 17.6 Å². The Kier molecular flexibility index (Phi) is 10.1. The minimum Gasteiger partial charge on any atom is -0.502 e. The minimum atomic E-state index is -1.60. The predicted octanol–water partition coefficient (Wildman–Crippen LogP) is 7.16. The number of nitrogens with one attached hydrogen (secondary N) is 1. The van der Waals surface area contributed by atoms with Crippen molar-refractivity contribution in [1.29, 1.82) is 0 Å². The maximum absolute atomic E-state index is 15.5. The Hall–Kier alpha value is -6.31. The molecule has 1 saturated carbocycles. The number of aromatic hydroxyl groups is 1. The number of hydrogen-bond acceptors (Lipinski definition) is 10. The minimum absolute atomic E-state index is 0.0172. The van der Waals surface area contributed by atoms with Crippen LogP contribution in [-0.2, 0) is 24.6 Å². The van der Waals surface area contributed by atoms with E-state index < -0.39 is 64.6 Å². The molecule has 8 rings (SSSR count). The van der Waals surface area contributed by atoms with E-state index in [4.69, 9.17) is 37.4 Å². The first-order valence-electron chi connectivity index (χ1n) is 18.6. The van der Waals surface area contributed by atoms with Crippen LogP contribution in [0.5, 0.6) is 23.0 Å². The average molecular weight is 839 g/mol. The number of hydrazine groups is 1. The number of rotatable bonds is 10. The molecule has 302 valence electrons. The van der Waals surface area contributed by atoms with Gasteiger partial charge < -0.3 is 24.4 Å². The van der Waals surface area contributed by atoms with Crippen molar-refractivity contribution in [3.8, 4) is 23.0 Å². The van der Waals surface area contributed by atoms with Gasteiger partial charge in [-0.05, 0) is 90.6 Å². The van der Waals surface area contributed by atoms with Crippen molar-refractivity contribution >= 4 is 70.3 Å². The van der Waals surface area contributed by atoms with Crippen LogP contribution in [-0.4, -0.2) is 66.1 Å². The van der Waals surface area contributed by atoms with E-state index in [9.17, 15) is 29.4 Å². The van der Waals surface area contributed by atoms with Crippen LogP contribution in [0.25, 0.3) is 6.08 Å². The first kappa shape index (κ1) is 39.5. The molecule has 0 bridgehead atoms. The highest BCUT2D eigenvalue weighted by molar-refractivity contribution is 6.36. The van der Waals surface area contributed by atoms with Gasteiger partial charge in [-0.3, -0.25) is 29.5 Å². The second-order valence-electron chi connectivity index (χ2n) is 14.8. The van der Waals surface area contributed by atoms with E-state index in [1.54, 1.807) is 60.7 Å². The number of nitrogens with zero attached hydrogens (tertiary/aromatic N) is 2. The van der Waals surface area contributed by atoms with Gasteiger partial charge in [-0.15, -0.1) is 0 Å². The third-order valence-electron chi connectivity index (χ3n) is 12.0. The maximum atomic E-state index is 15.5. The number of halogens is 2. The van der Waals surface area contributed by atoms with Crippen LogP contribution in [0.3, 0.4) is 0 Å². The Bertz CT molecular complexity index is 2480. The van der Waals surface area contributed by atoms with Crippen LogP contribution >= 0.6 is 23.2 Å². The molecule has 4 amide bonds. The van der Waals surface area contributed by atoms with Gasteiger partial charge in [0.05, 0.1) is 66.5 Å². The van der Waals surface area contributed by atoms with E-state index in [1.807, 2.05) is 6.08 Å². The smallest absolute Gasteiger partial charge is 0.335 e. The Labute approximate surface area is 348 Å². The molecule has 4 aromatic rings. The van der Waals surface area contributed by atoms with Crippen molar-refractivity contribution in [2.24, 2.45) is 29.6 Å². The van der Waals surface area contributed by atoms with Gasteiger partial charge in [0, 0.05) is 10.9 Å². The average Bonchev–Trinajstić information content (AvgIpc) is 3.62. The highest BCUT2D eigenvalue weighted by Gasteiger charge is 2.69. The molecular formula is C44H37Cl2N3O10. The molecule has 0 spiro atoms. The van der Waals surface area contributed by atoms with Gasteiger partial charge in [-0.25, -0.2) is 4.79 Å². The zero-order valence-electron chi connectivity index (χ0n) is 31.8. The number of carboxylic acid groups (broad SMARTS) is 1. The van der Waals surface area contributed by atoms with Crippen molar-refractivity contribution < 1.29 is 48.4 Å². The molecule has 15 heteroatoms. The summed E-state index contributed by atoms with van der Waals surface area (Å²) in [5, 5.41) is 21.8. The summed E-state index contributed by atoms with van der Waals surface area (Å²) in [4.78, 5) is 72.1. The molecule has 6 unspecified atom stereocenters. The van der Waals surface area contributed by atoms with E-state index in [0.717, 1.165) is 9.91 Å². The first-order chi connectivity index (χ1) is 28.3. The van der Waals surface area contributed by atoms with E-state index in [1.165, 1.54) is 51.7 Å². The molecule has 59 heavy (non-hydrogen) atoms. The molecule has 0 radical (unpaired) electrons. The summed E-state index contributed by atoms with van der Waals surface area (Å²) in [6, 6.07) is 20.4. The highest BCUT2D eigenvalue weighted by atomic mass is 35.5. The van der Waals surface area contributed by atoms with Gasteiger partial charge in [0.25, 0.3) is 11.8 Å². The summed E-state index contributed by atoms with van der Waals surface area (Å²) in [6.45, 7) is 0. The van der Waals surface area contributed by atoms with Crippen LogP contribution < -0.4 is 24.5 Å². The largest absolute Gasteiger partial charge is 0.502 e. The zero-order chi connectivity index (χ0) is 41.9. The first-order valence-corrected chi connectivity index (χ1v) is 19.4. The van der Waals surface area contributed by atoms with E-state index in [2.05, 4.69) is 5.43 Å². The van der Waals surface area contributed by atoms with Crippen molar-refractivity contribution in [2.45, 2.75) is 18.3 Å². The third kappa shape index (κ3) is 6.27. The lowest BCUT2D eigenvalue weighted by atomic mass is 9.50. The lowest BCUT2D eigenvalue weighted by Gasteiger charge is -2.49. The van der Waals surface area contributed by atoms with Crippen LogP contribution in [0.2, 0.25) is 10.0 Å². The quantitative estimate of drug-likeness (QED) is 0.109. The number of carbonyl (C=O) groups excluding carboxylic acids is 4. The fraction of sp³-hybridized carbons (Fsp3) is 0.250. The summed E-state index contributed by atoms with van der Waals surface area (Å²) in [5.41, 5.74) is 3.38. The molecule has 3 fully saturated rings. The van der Waals surface area contributed by atoms with Gasteiger partial charge in [-0.1, -0.05) is 65.2 Å². The van der Waals surface area contributed by atoms with Crippen molar-refractivity contribution in [3.63, 3.8) is 0 Å². The molecule has 2 saturated heterocycles. The number of ether oxygens (including phenoxy) is 3. The molecule has 4 aliphatic rings. The standard InChI is InChI=1S/C44H37Cl2N3O10/c1-57-27-11-8-24(9-12-27)44-31(15-7-22-17-35(58-2)38(50)36(18-22)59-3)28-13-14-29-37(41(53)48(39(29)51)26-6-4-5-23(19-26)42(54)55)30(28)21-32(44)40(52)49(43(44)56)47-34-16-10-25(45)20-33(34)46/h4-13,15-20,29-32,37,47,50H,14,21H2,1-3H3,(H,54,55). The lowest BCUT2D eigenvalue weighted by Crippen LogP contribution is -2.54. The van der Waals surface area contributed by atoms with Crippen LogP contribution in [0.15, 0.2) is 96.6 Å². The lowest BCUT2D eigenvalue weighted by molar-refractivity contribution is -0.139. The maximum Gasteiger partial charge on any atom is 0.335 e. The van der Waals surface area contributed by atoms with Crippen LogP contribution in [0.4, 0.5) is 11.4 Å². The van der Waals surface area contributed by atoms with Crippen molar-refractivity contribution in [1.82, 2.24) is 5.01 Å². The number of fused-ring (bicyclic) bond motifs is 4. The summed E-state index contributed by atoms with van der Waals surface area (Å²) in [7, 11) is 4.32. The van der Waals surface area contributed by atoms with Crippen molar-refractivity contribution in [3.05, 3.63) is 123 Å². The number of methoxy groups -OCH3 is 3. The SMILES string of the molecule is COc1ccc(C23C(=O)N(Nc4ccc(Cl)cc4Cl)C(=O)C2CC2C(=CCC4C(=O)N(c5cccc(C(=O)O)c5)C(=O)C42)C3C=Cc2cc(OC)c(O)c(OC)c2)cc1. The van der Waals surface area contributed by atoms with Gasteiger partial charge >= 0.3 is 5.97 Å². The monoisotopic (exact) mass is 837 g/mol. The molecule has 2 heterocycles. The number of imide groups is 2. The fourth-order valence-electron chi connectivity index (χ4n) is 9.34.